The highest BCUT2D eigenvalue weighted by atomic mass is 79.9. The van der Waals surface area contributed by atoms with Gasteiger partial charge in [-0.1, -0.05) is 101 Å². The lowest BCUT2D eigenvalue weighted by Gasteiger charge is -2.17. The van der Waals surface area contributed by atoms with Crippen LogP contribution in [0.3, 0.4) is 0 Å². The van der Waals surface area contributed by atoms with Gasteiger partial charge in [0, 0.05) is 56.7 Å². The number of halogens is 1. The zero-order chi connectivity index (χ0) is 26.2. The second-order valence-corrected chi connectivity index (χ2v) is 11.3. The Morgan fingerprint density at radius 1 is 0.513 bits per heavy atom. The van der Waals surface area contributed by atoms with E-state index in [1.165, 1.54) is 76.6 Å². The Balaban J connectivity index is 1.68. The Kier molecular flexibility index (Phi) is 4.83. The molecule has 3 heteroatoms. The van der Waals surface area contributed by atoms with Gasteiger partial charge in [0.05, 0.1) is 11.0 Å². The molecule has 0 aliphatic rings. The number of aryl methyl sites for hydroxylation is 2. The topological polar surface area (TPSA) is 9.86 Å². The van der Waals surface area contributed by atoms with Crippen molar-refractivity contribution < 1.29 is 0 Å². The van der Waals surface area contributed by atoms with Crippen LogP contribution in [0, 0.1) is 0 Å². The van der Waals surface area contributed by atoms with Crippen molar-refractivity contribution in [3.05, 3.63) is 120 Å². The maximum Gasteiger partial charge on any atom is 0.0576 e. The average molecular weight is 566 g/mol. The summed E-state index contributed by atoms with van der Waals surface area (Å²) in [5.41, 5.74) is 10.0. The number of nitrogens with zero attached hydrogens (tertiary/aromatic N) is 2. The van der Waals surface area contributed by atoms with E-state index in [1.807, 2.05) is 0 Å². The second-order valence-electron chi connectivity index (χ2n) is 10.4. The normalized spacial score (nSPS) is 12.0. The van der Waals surface area contributed by atoms with Gasteiger partial charge >= 0.3 is 0 Å². The Bertz CT molecular complexity index is 2250. The van der Waals surface area contributed by atoms with Crippen LogP contribution in [0.25, 0.3) is 76.6 Å². The summed E-state index contributed by atoms with van der Waals surface area (Å²) in [6, 6.07) is 42.0. The van der Waals surface area contributed by atoms with Crippen LogP contribution < -0.4 is 0 Å². The number of fused-ring (bicyclic) bond motifs is 8. The van der Waals surface area contributed by atoms with Gasteiger partial charge in [-0.2, -0.15) is 0 Å². The average Bonchev–Trinajstić information content (AvgIpc) is 3.43. The molecule has 2 aromatic heterocycles. The summed E-state index contributed by atoms with van der Waals surface area (Å²) in [6.45, 7) is 0. The monoisotopic (exact) mass is 564 g/mol. The highest BCUT2D eigenvalue weighted by molar-refractivity contribution is 9.10. The molecular weight excluding hydrogens is 540 g/mol. The molecular formula is C36H25BrN2. The van der Waals surface area contributed by atoms with Crippen molar-refractivity contribution in [1.29, 1.82) is 0 Å². The standard InChI is InChI=1S/C36H25BrN2/c1-38-30-15-9-8-14-27(30)34-32(38)21-29(36-35(34)28-20-24(37)17-19-31(28)39(36)2)33-25-13-7-6-12-23(25)16-18-26(33)22-10-4-3-5-11-22/h3-21H,1-2H3. The van der Waals surface area contributed by atoms with Crippen molar-refractivity contribution in [2.24, 2.45) is 14.1 Å². The molecule has 0 aliphatic carbocycles. The molecule has 0 aliphatic heterocycles. The smallest absolute Gasteiger partial charge is 0.0576 e. The molecule has 6 aromatic carbocycles. The van der Waals surface area contributed by atoms with Gasteiger partial charge < -0.3 is 9.13 Å². The highest BCUT2D eigenvalue weighted by Crippen LogP contribution is 2.48. The molecule has 0 spiro atoms. The quantitative estimate of drug-likeness (QED) is 0.197. The molecule has 0 unspecified atom stereocenters. The van der Waals surface area contributed by atoms with E-state index in [2.05, 4.69) is 154 Å². The SMILES string of the molecule is Cn1c2ccccc2c2c3c4cc(Br)ccc4n(C)c3c(-c3c(-c4ccccc4)ccc4ccccc34)cc21. The van der Waals surface area contributed by atoms with E-state index in [1.54, 1.807) is 0 Å². The zero-order valence-electron chi connectivity index (χ0n) is 21.7. The molecule has 186 valence electrons. The third kappa shape index (κ3) is 3.14. The Labute approximate surface area is 234 Å². The number of hydrogen-bond acceptors (Lipinski definition) is 0. The first-order valence-electron chi connectivity index (χ1n) is 13.3. The van der Waals surface area contributed by atoms with Gasteiger partial charge in [0.2, 0.25) is 0 Å². The van der Waals surface area contributed by atoms with Gasteiger partial charge in [-0.05, 0) is 57.8 Å². The summed E-state index contributed by atoms with van der Waals surface area (Å²) in [5.74, 6) is 0. The number of aromatic nitrogens is 2. The fourth-order valence-electron chi connectivity index (χ4n) is 6.65. The van der Waals surface area contributed by atoms with Crippen LogP contribution in [0.15, 0.2) is 120 Å². The van der Waals surface area contributed by atoms with Crippen molar-refractivity contribution in [3.63, 3.8) is 0 Å². The fraction of sp³-hybridized carbons (Fsp3) is 0.0556. The Morgan fingerprint density at radius 3 is 2.08 bits per heavy atom. The van der Waals surface area contributed by atoms with Gasteiger partial charge in [0.25, 0.3) is 0 Å². The first-order valence-corrected chi connectivity index (χ1v) is 14.1. The predicted molar refractivity (Wildman–Crippen MR) is 170 cm³/mol. The van der Waals surface area contributed by atoms with Crippen molar-refractivity contribution in [3.8, 4) is 22.3 Å². The van der Waals surface area contributed by atoms with Crippen molar-refractivity contribution in [1.82, 2.24) is 9.13 Å². The van der Waals surface area contributed by atoms with E-state index < -0.39 is 0 Å². The van der Waals surface area contributed by atoms with Crippen molar-refractivity contribution in [2.75, 3.05) is 0 Å². The van der Waals surface area contributed by atoms with Crippen molar-refractivity contribution >= 4 is 70.3 Å². The molecule has 39 heavy (non-hydrogen) atoms. The molecule has 8 rings (SSSR count). The Morgan fingerprint density at radius 2 is 1.23 bits per heavy atom. The fourth-order valence-corrected chi connectivity index (χ4v) is 7.01. The number of rotatable bonds is 2. The van der Waals surface area contributed by atoms with Gasteiger partial charge in [-0.3, -0.25) is 0 Å². The van der Waals surface area contributed by atoms with Gasteiger partial charge in [-0.15, -0.1) is 0 Å². The molecule has 0 saturated carbocycles. The molecule has 0 atom stereocenters. The van der Waals surface area contributed by atoms with E-state index >= 15 is 0 Å². The van der Waals surface area contributed by atoms with E-state index in [9.17, 15) is 0 Å². The van der Waals surface area contributed by atoms with Crippen molar-refractivity contribution in [2.45, 2.75) is 0 Å². The molecule has 0 amide bonds. The molecule has 0 fully saturated rings. The molecule has 0 saturated heterocycles. The van der Waals surface area contributed by atoms with Gasteiger partial charge in [-0.25, -0.2) is 0 Å². The maximum absolute atomic E-state index is 3.77. The zero-order valence-corrected chi connectivity index (χ0v) is 23.3. The third-order valence-corrected chi connectivity index (χ3v) is 8.88. The van der Waals surface area contributed by atoms with E-state index in [-0.39, 0.29) is 0 Å². The Hall–Kier alpha value is -4.34. The van der Waals surface area contributed by atoms with Crippen LogP contribution in [-0.4, -0.2) is 9.13 Å². The third-order valence-electron chi connectivity index (χ3n) is 8.38. The second kappa shape index (κ2) is 8.33. The molecule has 0 radical (unpaired) electrons. The minimum atomic E-state index is 1.09. The van der Waals surface area contributed by atoms with Crippen LogP contribution in [0.1, 0.15) is 0 Å². The highest BCUT2D eigenvalue weighted by Gasteiger charge is 2.23. The summed E-state index contributed by atoms with van der Waals surface area (Å²) in [7, 11) is 4.41. The number of para-hydroxylation sites is 1. The maximum atomic E-state index is 3.77. The first-order chi connectivity index (χ1) is 19.1. The molecule has 8 aromatic rings. The summed E-state index contributed by atoms with van der Waals surface area (Å²) < 4.78 is 5.85. The van der Waals surface area contributed by atoms with Crippen LogP contribution in [0.4, 0.5) is 0 Å². The van der Waals surface area contributed by atoms with Crippen LogP contribution in [-0.2, 0) is 14.1 Å². The minimum absolute atomic E-state index is 1.09. The van der Waals surface area contributed by atoms with E-state index in [4.69, 9.17) is 0 Å². The van der Waals surface area contributed by atoms with E-state index in [0.29, 0.717) is 0 Å². The molecule has 0 N–H and O–H groups in total. The lowest BCUT2D eigenvalue weighted by molar-refractivity contribution is 1.01. The first kappa shape index (κ1) is 22.6. The largest absolute Gasteiger partial charge is 0.344 e. The predicted octanol–water partition coefficient (Wildman–Crippen LogP) is 10.2. The van der Waals surface area contributed by atoms with Gasteiger partial charge in [0.1, 0.15) is 0 Å². The lowest BCUT2D eigenvalue weighted by Crippen LogP contribution is -1.95. The summed E-state index contributed by atoms with van der Waals surface area (Å²) in [5, 5.41) is 7.71. The molecule has 2 nitrogen and oxygen atoms in total. The van der Waals surface area contributed by atoms with Crippen LogP contribution >= 0.6 is 15.9 Å². The minimum Gasteiger partial charge on any atom is -0.344 e. The lowest BCUT2D eigenvalue weighted by atomic mass is 9.88. The summed E-state index contributed by atoms with van der Waals surface area (Å²) in [4.78, 5) is 0. The summed E-state index contributed by atoms with van der Waals surface area (Å²) in [6.07, 6.45) is 0. The van der Waals surface area contributed by atoms with Crippen LogP contribution in [0.2, 0.25) is 0 Å². The van der Waals surface area contributed by atoms with E-state index in [0.717, 1.165) is 4.47 Å². The van der Waals surface area contributed by atoms with Gasteiger partial charge in [0.15, 0.2) is 0 Å². The number of hydrogen-bond donors (Lipinski definition) is 0. The molecule has 2 heterocycles. The van der Waals surface area contributed by atoms with Crippen LogP contribution in [0.5, 0.6) is 0 Å². The summed E-state index contributed by atoms with van der Waals surface area (Å²) >= 11 is 3.77. The molecule has 0 bridgehead atoms. The number of benzene rings is 6.